The molecule has 0 aliphatic carbocycles. The number of nitrogens with zero attached hydrogens (tertiary/aromatic N) is 1. The molecule has 0 amide bonds. The Hall–Kier alpha value is -1.03. The monoisotopic (exact) mass is 339 g/mol. The summed E-state index contributed by atoms with van der Waals surface area (Å²) in [5.41, 5.74) is 4.28. The fraction of sp³-hybridized carbons (Fsp3) is 0.312. The van der Waals surface area contributed by atoms with Crippen LogP contribution in [0.3, 0.4) is 0 Å². The van der Waals surface area contributed by atoms with Crippen LogP contribution in [-0.4, -0.2) is 18.9 Å². The normalized spacial score (nSPS) is 14.1. The summed E-state index contributed by atoms with van der Waals surface area (Å²) in [6.07, 6.45) is 2.15. The van der Waals surface area contributed by atoms with Gasteiger partial charge in [-0.2, -0.15) is 0 Å². The van der Waals surface area contributed by atoms with E-state index >= 15 is 0 Å². The molecule has 0 saturated heterocycles. The van der Waals surface area contributed by atoms with Gasteiger partial charge in [0.15, 0.2) is 5.78 Å². The van der Waals surface area contributed by atoms with Crippen LogP contribution in [0.25, 0.3) is 0 Å². The van der Waals surface area contributed by atoms with Gasteiger partial charge in [-0.3, -0.25) is 4.79 Å². The SMILES string of the molecule is Cc1ccc2c(c1)CCCN2CC(=O)c1cc(Cl)sc1Cl. The standard InChI is InChI=1S/C16H15Cl2NOS/c1-10-4-5-13-11(7-10)3-2-6-19(13)9-14(20)12-8-15(17)21-16(12)18/h4-5,7-8H,2-3,6,9H2,1H3. The molecule has 1 aliphatic rings. The molecular formula is C16H15Cl2NOS. The van der Waals surface area contributed by atoms with Crippen molar-refractivity contribution in [1.82, 2.24) is 0 Å². The number of aryl methyl sites for hydroxylation is 2. The topological polar surface area (TPSA) is 20.3 Å². The first-order chi connectivity index (χ1) is 10.0. The largest absolute Gasteiger partial charge is 0.364 e. The van der Waals surface area contributed by atoms with Crippen LogP contribution in [0.5, 0.6) is 0 Å². The molecule has 0 saturated carbocycles. The molecule has 0 spiro atoms. The van der Waals surface area contributed by atoms with Crippen molar-refractivity contribution >= 4 is 46.0 Å². The second-order valence-electron chi connectivity index (χ2n) is 5.32. The second kappa shape index (κ2) is 5.99. The van der Waals surface area contributed by atoms with Crippen molar-refractivity contribution in [3.8, 4) is 0 Å². The summed E-state index contributed by atoms with van der Waals surface area (Å²) in [7, 11) is 0. The zero-order valence-electron chi connectivity index (χ0n) is 11.7. The second-order valence-corrected chi connectivity index (χ2v) is 7.60. The van der Waals surface area contributed by atoms with E-state index in [1.807, 2.05) is 0 Å². The van der Waals surface area contributed by atoms with Gasteiger partial charge in [0.1, 0.15) is 4.34 Å². The number of Topliss-reactive ketones (excluding diaryl/α,β-unsaturated/α-hetero) is 1. The maximum absolute atomic E-state index is 12.4. The Bertz CT molecular complexity index is 696. The van der Waals surface area contributed by atoms with Crippen LogP contribution in [0.4, 0.5) is 5.69 Å². The van der Waals surface area contributed by atoms with Gasteiger partial charge in [-0.1, -0.05) is 40.9 Å². The molecule has 2 heterocycles. The van der Waals surface area contributed by atoms with Gasteiger partial charge in [-0.15, -0.1) is 11.3 Å². The number of benzene rings is 1. The lowest BCUT2D eigenvalue weighted by atomic mass is 9.99. The number of hydrogen-bond acceptors (Lipinski definition) is 3. The lowest BCUT2D eigenvalue weighted by Crippen LogP contribution is -2.34. The number of fused-ring (bicyclic) bond motifs is 1. The van der Waals surface area contributed by atoms with Crippen LogP contribution >= 0.6 is 34.5 Å². The first-order valence-corrected chi connectivity index (χ1v) is 8.44. The number of ketones is 1. The first-order valence-electron chi connectivity index (χ1n) is 6.87. The minimum absolute atomic E-state index is 0.0246. The van der Waals surface area contributed by atoms with E-state index in [1.54, 1.807) is 6.07 Å². The Kier molecular flexibility index (Phi) is 4.25. The number of carbonyl (C=O) groups excluding carboxylic acids is 1. The average molecular weight is 340 g/mol. The van der Waals surface area contributed by atoms with Gasteiger partial charge < -0.3 is 4.90 Å². The van der Waals surface area contributed by atoms with E-state index in [9.17, 15) is 4.79 Å². The number of carbonyl (C=O) groups is 1. The van der Waals surface area contributed by atoms with E-state index in [2.05, 4.69) is 30.0 Å². The lowest BCUT2D eigenvalue weighted by molar-refractivity contribution is 0.0999. The highest BCUT2D eigenvalue weighted by Crippen LogP contribution is 2.33. The maximum atomic E-state index is 12.4. The summed E-state index contributed by atoms with van der Waals surface area (Å²) < 4.78 is 1.03. The van der Waals surface area contributed by atoms with Crippen LogP contribution < -0.4 is 4.90 Å². The van der Waals surface area contributed by atoms with Gasteiger partial charge >= 0.3 is 0 Å². The van der Waals surface area contributed by atoms with E-state index in [1.165, 1.54) is 22.5 Å². The third-order valence-corrected chi connectivity index (χ3v) is 5.23. The molecular weight excluding hydrogens is 325 g/mol. The molecule has 5 heteroatoms. The summed E-state index contributed by atoms with van der Waals surface area (Å²) in [4.78, 5) is 14.6. The molecule has 0 radical (unpaired) electrons. The highest BCUT2D eigenvalue weighted by molar-refractivity contribution is 7.20. The zero-order valence-corrected chi connectivity index (χ0v) is 14.0. The Balaban J connectivity index is 1.83. The van der Waals surface area contributed by atoms with Crippen LogP contribution in [0.1, 0.15) is 27.9 Å². The fourth-order valence-corrected chi connectivity index (χ4v) is 4.26. The molecule has 1 aromatic carbocycles. The third kappa shape index (κ3) is 3.10. The highest BCUT2D eigenvalue weighted by Gasteiger charge is 2.22. The number of rotatable bonds is 3. The summed E-state index contributed by atoms with van der Waals surface area (Å²) in [5.74, 6) is 0.0246. The predicted octanol–water partition coefficient (Wildman–Crippen LogP) is 5.00. The number of anilines is 1. The van der Waals surface area contributed by atoms with Gasteiger partial charge in [0.25, 0.3) is 0 Å². The molecule has 1 aromatic heterocycles. The molecule has 0 unspecified atom stereocenters. The van der Waals surface area contributed by atoms with Gasteiger partial charge in [0.2, 0.25) is 0 Å². The summed E-state index contributed by atoms with van der Waals surface area (Å²) in [6.45, 7) is 3.34. The molecule has 3 rings (SSSR count). The van der Waals surface area contributed by atoms with Crippen LogP contribution in [0.2, 0.25) is 8.67 Å². The summed E-state index contributed by atoms with van der Waals surface area (Å²) >= 11 is 13.2. The predicted molar refractivity (Wildman–Crippen MR) is 90.4 cm³/mol. The molecule has 2 aromatic rings. The molecule has 110 valence electrons. The van der Waals surface area contributed by atoms with E-state index in [-0.39, 0.29) is 5.78 Å². The van der Waals surface area contributed by atoms with Gasteiger partial charge in [-0.05, 0) is 37.5 Å². The molecule has 0 atom stereocenters. The Morgan fingerprint density at radius 1 is 1.33 bits per heavy atom. The molecule has 2 nitrogen and oxygen atoms in total. The van der Waals surface area contributed by atoms with Crippen LogP contribution in [-0.2, 0) is 6.42 Å². The van der Waals surface area contributed by atoms with Crippen molar-refractivity contribution in [2.75, 3.05) is 18.0 Å². The van der Waals surface area contributed by atoms with Gasteiger partial charge in [0.05, 0.1) is 16.4 Å². The molecule has 21 heavy (non-hydrogen) atoms. The number of thiophene rings is 1. The van der Waals surface area contributed by atoms with Crippen molar-refractivity contribution in [1.29, 1.82) is 0 Å². The zero-order chi connectivity index (χ0) is 15.0. The fourth-order valence-electron chi connectivity index (χ4n) is 2.76. The quantitative estimate of drug-likeness (QED) is 0.733. The Morgan fingerprint density at radius 3 is 2.86 bits per heavy atom. The number of hydrogen-bond donors (Lipinski definition) is 0. The van der Waals surface area contributed by atoms with Crippen LogP contribution in [0.15, 0.2) is 24.3 Å². The lowest BCUT2D eigenvalue weighted by Gasteiger charge is -2.31. The Labute approximate surface area is 138 Å². The minimum Gasteiger partial charge on any atom is -0.364 e. The highest BCUT2D eigenvalue weighted by atomic mass is 35.5. The molecule has 0 N–H and O–H groups in total. The maximum Gasteiger partial charge on any atom is 0.184 e. The van der Waals surface area contributed by atoms with E-state index in [4.69, 9.17) is 23.2 Å². The van der Waals surface area contributed by atoms with Crippen molar-refractivity contribution in [2.45, 2.75) is 19.8 Å². The van der Waals surface area contributed by atoms with E-state index < -0.39 is 0 Å². The van der Waals surface area contributed by atoms with Gasteiger partial charge in [0, 0.05) is 12.2 Å². The van der Waals surface area contributed by atoms with E-state index in [0.717, 1.165) is 25.1 Å². The first kappa shape index (κ1) is 14.9. The third-order valence-electron chi connectivity index (χ3n) is 3.74. The van der Waals surface area contributed by atoms with Crippen molar-refractivity contribution in [3.63, 3.8) is 0 Å². The van der Waals surface area contributed by atoms with Gasteiger partial charge in [-0.25, -0.2) is 0 Å². The average Bonchev–Trinajstić information content (AvgIpc) is 2.77. The summed E-state index contributed by atoms with van der Waals surface area (Å²) in [5, 5.41) is 0. The van der Waals surface area contributed by atoms with Crippen molar-refractivity contribution in [3.05, 3.63) is 49.6 Å². The van der Waals surface area contributed by atoms with Crippen molar-refractivity contribution < 1.29 is 4.79 Å². The molecule has 0 fully saturated rings. The molecule has 1 aliphatic heterocycles. The van der Waals surface area contributed by atoms with Crippen LogP contribution in [0, 0.1) is 6.92 Å². The van der Waals surface area contributed by atoms with E-state index in [0.29, 0.717) is 20.8 Å². The molecule has 0 bridgehead atoms. The smallest absolute Gasteiger partial charge is 0.184 e. The number of halogens is 2. The summed E-state index contributed by atoms with van der Waals surface area (Å²) in [6, 6.07) is 8.08. The Morgan fingerprint density at radius 2 is 2.14 bits per heavy atom. The van der Waals surface area contributed by atoms with Crippen molar-refractivity contribution in [2.24, 2.45) is 0 Å². The minimum atomic E-state index is 0.0246.